The van der Waals surface area contributed by atoms with Crippen molar-refractivity contribution in [1.29, 1.82) is 0 Å². The summed E-state index contributed by atoms with van der Waals surface area (Å²) in [5.41, 5.74) is 6.67. The van der Waals surface area contributed by atoms with Gasteiger partial charge in [0.05, 0.1) is 19.3 Å². The Morgan fingerprint density at radius 3 is 2.79 bits per heavy atom. The molecule has 0 heterocycles. The average molecular weight is 261 g/mol. The minimum absolute atomic E-state index is 0.0613. The molecule has 0 bridgehead atoms. The monoisotopic (exact) mass is 261 g/mol. The molecule has 4 N–H and O–H groups in total. The minimum Gasteiger partial charge on any atom is -0.495 e. The molecule has 1 rings (SSSR count). The van der Waals surface area contributed by atoms with Gasteiger partial charge in [0.25, 0.3) is 0 Å². The van der Waals surface area contributed by atoms with Crippen LogP contribution in [0.2, 0.25) is 0 Å². The quantitative estimate of drug-likeness (QED) is 0.722. The number of nitrogens with one attached hydrogen (secondary N) is 2. The third-order valence-electron chi connectivity index (χ3n) is 2.20. The molecule has 0 atom stereocenters. The lowest BCUT2D eigenvalue weighted by atomic mass is 10.2. The predicted molar refractivity (Wildman–Crippen MR) is 76.2 cm³/mol. The molecular weight excluding hydrogens is 242 g/mol. The Hall–Kier alpha value is -2.19. The summed E-state index contributed by atoms with van der Waals surface area (Å²) in [6.07, 6.45) is 0. The molecule has 1 aromatic rings. The molecule has 0 aliphatic carbocycles. The summed E-state index contributed by atoms with van der Waals surface area (Å²) in [5.74, 6) is 6.25. The van der Waals surface area contributed by atoms with E-state index < -0.39 is 0 Å². The molecule has 5 heteroatoms. The van der Waals surface area contributed by atoms with Crippen LogP contribution in [-0.4, -0.2) is 25.7 Å². The second-order valence-corrected chi connectivity index (χ2v) is 4.17. The summed E-state index contributed by atoms with van der Waals surface area (Å²) in [6, 6.07) is 5.10. The Morgan fingerprint density at radius 1 is 1.47 bits per heavy atom. The van der Waals surface area contributed by atoms with Crippen molar-refractivity contribution in [2.45, 2.75) is 19.9 Å². The van der Waals surface area contributed by atoms with Crippen LogP contribution in [0, 0.1) is 11.8 Å². The zero-order valence-electron chi connectivity index (χ0n) is 11.4. The Balaban J connectivity index is 2.92. The lowest BCUT2D eigenvalue weighted by Crippen LogP contribution is -2.34. The largest absolute Gasteiger partial charge is 0.495 e. The predicted octanol–water partition coefficient (Wildman–Crippen LogP) is 1.54. The molecule has 102 valence electrons. The van der Waals surface area contributed by atoms with Gasteiger partial charge in [-0.15, -0.1) is 0 Å². The van der Waals surface area contributed by atoms with E-state index in [2.05, 4.69) is 22.5 Å². The molecule has 2 amide bonds. The van der Waals surface area contributed by atoms with Gasteiger partial charge in [0.1, 0.15) is 5.75 Å². The third-order valence-corrected chi connectivity index (χ3v) is 2.20. The van der Waals surface area contributed by atoms with Gasteiger partial charge in [0.15, 0.2) is 0 Å². The van der Waals surface area contributed by atoms with Crippen LogP contribution in [0.25, 0.3) is 0 Å². The molecule has 0 saturated heterocycles. The van der Waals surface area contributed by atoms with Crippen molar-refractivity contribution in [3.05, 3.63) is 23.8 Å². The summed E-state index contributed by atoms with van der Waals surface area (Å²) >= 11 is 0. The number of benzene rings is 1. The highest BCUT2D eigenvalue weighted by molar-refractivity contribution is 5.91. The molecule has 0 saturated carbocycles. The number of urea groups is 1. The van der Waals surface area contributed by atoms with E-state index in [9.17, 15) is 4.79 Å². The number of hydrogen-bond donors (Lipinski definition) is 3. The maximum absolute atomic E-state index is 11.7. The first-order chi connectivity index (χ1) is 9.06. The molecule has 19 heavy (non-hydrogen) atoms. The third kappa shape index (κ3) is 4.90. The molecule has 5 nitrogen and oxygen atoms in total. The fraction of sp³-hybridized carbons (Fsp3) is 0.357. The van der Waals surface area contributed by atoms with Crippen LogP contribution in [0.3, 0.4) is 0 Å². The summed E-state index contributed by atoms with van der Waals surface area (Å²) in [5, 5.41) is 5.48. The zero-order chi connectivity index (χ0) is 14.3. The van der Waals surface area contributed by atoms with Crippen LogP contribution >= 0.6 is 0 Å². The summed E-state index contributed by atoms with van der Waals surface area (Å²) in [6.45, 7) is 4.07. The van der Waals surface area contributed by atoms with Crippen LogP contribution in [0.5, 0.6) is 5.75 Å². The van der Waals surface area contributed by atoms with Crippen LogP contribution in [-0.2, 0) is 0 Å². The zero-order valence-corrected chi connectivity index (χ0v) is 11.4. The highest BCUT2D eigenvalue weighted by atomic mass is 16.5. The van der Waals surface area contributed by atoms with E-state index in [1.54, 1.807) is 19.2 Å². The van der Waals surface area contributed by atoms with Gasteiger partial charge in [-0.25, -0.2) is 4.79 Å². The van der Waals surface area contributed by atoms with Crippen molar-refractivity contribution in [2.75, 3.05) is 19.0 Å². The van der Waals surface area contributed by atoms with Crippen LogP contribution in [0.15, 0.2) is 18.2 Å². The van der Waals surface area contributed by atoms with Gasteiger partial charge in [-0.2, -0.15) is 0 Å². The van der Waals surface area contributed by atoms with Gasteiger partial charge >= 0.3 is 6.03 Å². The van der Waals surface area contributed by atoms with E-state index in [0.717, 1.165) is 5.56 Å². The van der Waals surface area contributed by atoms with Crippen molar-refractivity contribution in [1.82, 2.24) is 5.32 Å². The lowest BCUT2D eigenvalue weighted by Gasteiger charge is -2.13. The fourth-order valence-electron chi connectivity index (χ4n) is 1.46. The number of hydrogen-bond acceptors (Lipinski definition) is 3. The van der Waals surface area contributed by atoms with Gasteiger partial charge < -0.3 is 21.1 Å². The van der Waals surface area contributed by atoms with E-state index in [4.69, 9.17) is 10.5 Å². The van der Waals surface area contributed by atoms with E-state index in [-0.39, 0.29) is 12.1 Å². The Morgan fingerprint density at radius 2 is 2.21 bits per heavy atom. The van der Waals surface area contributed by atoms with E-state index in [1.165, 1.54) is 0 Å². The molecule has 1 aromatic carbocycles. The molecule has 0 unspecified atom stereocenters. The number of carbonyl (C=O) groups is 1. The van der Waals surface area contributed by atoms with E-state index in [0.29, 0.717) is 18.0 Å². The van der Waals surface area contributed by atoms with Crippen molar-refractivity contribution in [2.24, 2.45) is 5.73 Å². The number of methoxy groups -OCH3 is 1. The maximum atomic E-state index is 11.7. The Bertz CT molecular complexity index is 501. The summed E-state index contributed by atoms with van der Waals surface area (Å²) in [7, 11) is 1.55. The standard InChI is InChI=1S/C14H19N3O2/c1-10(2)16-14(18)17-12-9-11(5-4-8-15)6-7-13(12)19-3/h6-7,9-10H,8,15H2,1-3H3,(H2,16,17,18). The van der Waals surface area contributed by atoms with Crippen molar-refractivity contribution >= 4 is 11.7 Å². The second kappa shape index (κ2) is 7.29. The molecule has 0 aliphatic rings. The smallest absolute Gasteiger partial charge is 0.319 e. The molecule has 0 aliphatic heterocycles. The van der Waals surface area contributed by atoms with Crippen molar-refractivity contribution < 1.29 is 9.53 Å². The number of ether oxygens (including phenoxy) is 1. The van der Waals surface area contributed by atoms with Gasteiger partial charge in [-0.3, -0.25) is 0 Å². The second-order valence-electron chi connectivity index (χ2n) is 4.17. The lowest BCUT2D eigenvalue weighted by molar-refractivity contribution is 0.250. The molecule has 0 radical (unpaired) electrons. The van der Waals surface area contributed by atoms with Gasteiger partial charge in [0.2, 0.25) is 0 Å². The Labute approximate surface area is 113 Å². The number of carbonyl (C=O) groups excluding carboxylic acids is 1. The fourth-order valence-corrected chi connectivity index (χ4v) is 1.46. The van der Waals surface area contributed by atoms with Gasteiger partial charge in [0, 0.05) is 11.6 Å². The molecular formula is C14H19N3O2. The van der Waals surface area contributed by atoms with Gasteiger partial charge in [-0.05, 0) is 32.0 Å². The van der Waals surface area contributed by atoms with Crippen molar-refractivity contribution in [3.8, 4) is 17.6 Å². The summed E-state index contributed by atoms with van der Waals surface area (Å²) < 4.78 is 5.20. The first-order valence-corrected chi connectivity index (χ1v) is 6.01. The molecule has 0 aromatic heterocycles. The van der Waals surface area contributed by atoms with Gasteiger partial charge in [-0.1, -0.05) is 11.8 Å². The molecule has 0 fully saturated rings. The average Bonchev–Trinajstić information content (AvgIpc) is 2.35. The van der Waals surface area contributed by atoms with E-state index in [1.807, 2.05) is 19.9 Å². The van der Waals surface area contributed by atoms with Crippen molar-refractivity contribution in [3.63, 3.8) is 0 Å². The first kappa shape index (κ1) is 14.9. The molecule has 0 spiro atoms. The highest BCUT2D eigenvalue weighted by Crippen LogP contribution is 2.25. The van der Waals surface area contributed by atoms with Crippen LogP contribution < -0.4 is 21.1 Å². The topological polar surface area (TPSA) is 76.4 Å². The normalized spacial score (nSPS) is 9.53. The van der Waals surface area contributed by atoms with Crippen LogP contribution in [0.4, 0.5) is 10.5 Å². The summed E-state index contributed by atoms with van der Waals surface area (Å²) in [4.78, 5) is 11.7. The SMILES string of the molecule is COc1ccc(C#CCN)cc1NC(=O)NC(C)C. The number of rotatable bonds is 3. The first-order valence-electron chi connectivity index (χ1n) is 6.01. The number of amides is 2. The van der Waals surface area contributed by atoms with E-state index >= 15 is 0 Å². The highest BCUT2D eigenvalue weighted by Gasteiger charge is 2.08. The number of anilines is 1. The minimum atomic E-state index is -0.280. The van der Waals surface area contributed by atoms with Crippen LogP contribution in [0.1, 0.15) is 19.4 Å². The number of nitrogens with two attached hydrogens (primary N) is 1. The Kier molecular flexibility index (Phi) is 5.71. The maximum Gasteiger partial charge on any atom is 0.319 e.